The van der Waals surface area contributed by atoms with Crippen LogP contribution in [0.3, 0.4) is 0 Å². The zero-order valence-corrected chi connectivity index (χ0v) is 4.59. The maximum Gasteiger partial charge on any atom is 0.257 e. The molecule has 0 N–H and O–H groups in total. The van der Waals surface area contributed by atoms with Crippen LogP contribution in [0, 0.1) is 6.07 Å². The van der Waals surface area contributed by atoms with Crippen molar-refractivity contribution < 1.29 is 8.78 Å². The highest BCUT2D eigenvalue weighted by Crippen LogP contribution is 1.95. The van der Waals surface area contributed by atoms with Gasteiger partial charge in [0.1, 0.15) is 6.54 Å². The van der Waals surface area contributed by atoms with E-state index in [1.165, 1.54) is 12.4 Å². The zero-order valence-electron chi connectivity index (χ0n) is 4.59. The standard InChI is InChI=1S/C5H5F2N2/c6-5(7)4-9-3-1-2-8-9/h2-3,5H,4H2. The highest BCUT2D eigenvalue weighted by molar-refractivity contribution is 4.74. The van der Waals surface area contributed by atoms with Crippen molar-refractivity contribution in [1.82, 2.24) is 9.78 Å². The van der Waals surface area contributed by atoms with Crippen LogP contribution in [0.4, 0.5) is 8.78 Å². The quantitative estimate of drug-likeness (QED) is 0.584. The summed E-state index contributed by atoms with van der Waals surface area (Å²) in [4.78, 5) is 0. The van der Waals surface area contributed by atoms with Crippen LogP contribution in [-0.2, 0) is 6.54 Å². The summed E-state index contributed by atoms with van der Waals surface area (Å²) < 4.78 is 24.2. The van der Waals surface area contributed by atoms with Crippen LogP contribution in [0.15, 0.2) is 12.4 Å². The van der Waals surface area contributed by atoms with Crippen LogP contribution >= 0.6 is 0 Å². The Morgan fingerprint density at radius 1 is 1.67 bits per heavy atom. The number of hydrogen-bond acceptors (Lipinski definition) is 1. The molecule has 1 radical (unpaired) electrons. The molecule has 1 aromatic heterocycles. The van der Waals surface area contributed by atoms with Crippen LogP contribution in [-0.4, -0.2) is 16.2 Å². The third-order valence-electron chi connectivity index (χ3n) is 0.829. The molecular weight excluding hydrogens is 126 g/mol. The molecule has 4 heteroatoms. The van der Waals surface area contributed by atoms with E-state index >= 15 is 0 Å². The van der Waals surface area contributed by atoms with E-state index < -0.39 is 6.43 Å². The lowest BCUT2D eigenvalue weighted by molar-refractivity contribution is 0.122. The lowest BCUT2D eigenvalue weighted by atomic mass is 10.7. The van der Waals surface area contributed by atoms with Gasteiger partial charge in [0.05, 0.1) is 6.20 Å². The first-order valence-corrected chi connectivity index (χ1v) is 2.45. The van der Waals surface area contributed by atoms with Crippen molar-refractivity contribution in [2.24, 2.45) is 0 Å². The van der Waals surface area contributed by atoms with E-state index in [2.05, 4.69) is 11.2 Å². The molecule has 0 atom stereocenters. The highest BCUT2D eigenvalue weighted by atomic mass is 19.3. The fraction of sp³-hybridized carbons (Fsp3) is 0.400. The molecular formula is C5H5F2N2. The summed E-state index contributed by atoms with van der Waals surface area (Å²) in [5, 5.41) is 3.54. The largest absolute Gasteiger partial charge is 0.266 e. The molecule has 0 saturated heterocycles. The number of alkyl halides is 2. The van der Waals surface area contributed by atoms with Gasteiger partial charge in [0.2, 0.25) is 0 Å². The van der Waals surface area contributed by atoms with Gasteiger partial charge in [0.25, 0.3) is 6.43 Å². The summed E-state index contributed by atoms with van der Waals surface area (Å²) in [7, 11) is 0. The summed E-state index contributed by atoms with van der Waals surface area (Å²) in [6, 6.07) is 2.55. The van der Waals surface area contributed by atoms with Gasteiger partial charge in [0.15, 0.2) is 0 Å². The summed E-state index contributed by atoms with van der Waals surface area (Å²) in [5.41, 5.74) is 0. The van der Waals surface area contributed by atoms with Crippen molar-refractivity contribution in [2.75, 3.05) is 0 Å². The van der Waals surface area contributed by atoms with Gasteiger partial charge in [-0.1, -0.05) is 0 Å². The van der Waals surface area contributed by atoms with Crippen LogP contribution in [0.1, 0.15) is 0 Å². The summed E-state index contributed by atoms with van der Waals surface area (Å²) in [5.74, 6) is 0. The minimum absolute atomic E-state index is 0.344. The van der Waals surface area contributed by atoms with Crippen LogP contribution in [0.5, 0.6) is 0 Å². The molecule has 0 fully saturated rings. The molecule has 0 bridgehead atoms. The smallest absolute Gasteiger partial charge is 0.257 e. The van der Waals surface area contributed by atoms with E-state index in [1.54, 1.807) is 0 Å². The van der Waals surface area contributed by atoms with Crippen molar-refractivity contribution in [3.8, 4) is 0 Å². The van der Waals surface area contributed by atoms with E-state index in [4.69, 9.17) is 0 Å². The molecule has 0 aliphatic rings. The van der Waals surface area contributed by atoms with Crippen molar-refractivity contribution >= 4 is 0 Å². The second-order valence-corrected chi connectivity index (χ2v) is 1.55. The monoisotopic (exact) mass is 131 g/mol. The Hall–Kier alpha value is -0.930. The number of nitrogens with zero attached hydrogens (tertiary/aromatic N) is 2. The minimum Gasteiger partial charge on any atom is -0.266 e. The third kappa shape index (κ3) is 1.79. The molecule has 1 heterocycles. The van der Waals surface area contributed by atoms with E-state index in [0.717, 1.165) is 4.68 Å². The van der Waals surface area contributed by atoms with E-state index in [-0.39, 0.29) is 6.54 Å². The average molecular weight is 131 g/mol. The molecule has 2 nitrogen and oxygen atoms in total. The molecule has 1 rings (SSSR count). The maximum absolute atomic E-state index is 11.5. The molecule has 1 aromatic rings. The number of hydrogen-bond donors (Lipinski definition) is 0. The average Bonchev–Trinajstić information content (AvgIpc) is 2.15. The first kappa shape index (κ1) is 6.19. The fourth-order valence-corrected chi connectivity index (χ4v) is 0.501. The Kier molecular flexibility index (Phi) is 1.77. The molecule has 0 amide bonds. The van der Waals surface area contributed by atoms with E-state index in [1.807, 2.05) is 0 Å². The fourth-order valence-electron chi connectivity index (χ4n) is 0.501. The molecule has 0 aliphatic heterocycles. The lowest BCUT2D eigenvalue weighted by Gasteiger charge is -1.96. The Morgan fingerprint density at radius 2 is 2.44 bits per heavy atom. The van der Waals surface area contributed by atoms with Crippen LogP contribution in [0.25, 0.3) is 0 Å². The summed E-state index contributed by atoms with van der Waals surface area (Å²) in [6.45, 7) is -0.344. The van der Waals surface area contributed by atoms with E-state index in [9.17, 15) is 8.78 Å². The normalized spacial score (nSPS) is 10.6. The Morgan fingerprint density at radius 3 is 2.89 bits per heavy atom. The second kappa shape index (κ2) is 2.57. The van der Waals surface area contributed by atoms with Crippen molar-refractivity contribution in [3.05, 3.63) is 18.5 Å². The minimum atomic E-state index is -2.33. The Labute approximate surface area is 51.1 Å². The van der Waals surface area contributed by atoms with Gasteiger partial charge in [-0.25, -0.2) is 8.78 Å². The van der Waals surface area contributed by atoms with E-state index in [0.29, 0.717) is 0 Å². The molecule has 0 aliphatic carbocycles. The summed E-state index contributed by atoms with van der Waals surface area (Å²) >= 11 is 0. The second-order valence-electron chi connectivity index (χ2n) is 1.55. The zero-order chi connectivity index (χ0) is 6.69. The van der Waals surface area contributed by atoms with Crippen LogP contribution in [0.2, 0.25) is 0 Å². The highest BCUT2D eigenvalue weighted by Gasteiger charge is 2.01. The van der Waals surface area contributed by atoms with Gasteiger partial charge in [-0.15, -0.1) is 0 Å². The number of aromatic nitrogens is 2. The SMILES string of the molecule is FC(F)Cn1c[c]cn1. The molecule has 0 aromatic carbocycles. The van der Waals surface area contributed by atoms with Gasteiger partial charge in [-0.2, -0.15) is 5.10 Å². The van der Waals surface area contributed by atoms with Gasteiger partial charge in [-0.05, 0) is 0 Å². The van der Waals surface area contributed by atoms with Gasteiger partial charge >= 0.3 is 0 Å². The predicted octanol–water partition coefficient (Wildman–Crippen LogP) is 0.948. The van der Waals surface area contributed by atoms with Gasteiger partial charge in [-0.3, -0.25) is 4.68 Å². The molecule has 0 unspecified atom stereocenters. The van der Waals surface area contributed by atoms with Crippen molar-refractivity contribution in [1.29, 1.82) is 0 Å². The number of halogens is 2. The topological polar surface area (TPSA) is 17.8 Å². The predicted molar refractivity (Wildman–Crippen MR) is 27.1 cm³/mol. The first-order valence-electron chi connectivity index (χ1n) is 2.45. The first-order chi connectivity index (χ1) is 4.29. The molecule has 9 heavy (non-hydrogen) atoms. The van der Waals surface area contributed by atoms with Crippen LogP contribution < -0.4 is 0 Å². The van der Waals surface area contributed by atoms with Crippen molar-refractivity contribution in [2.45, 2.75) is 13.0 Å². The third-order valence-corrected chi connectivity index (χ3v) is 0.829. The van der Waals surface area contributed by atoms with Crippen molar-refractivity contribution in [3.63, 3.8) is 0 Å². The maximum atomic E-state index is 11.5. The lowest BCUT2D eigenvalue weighted by Crippen LogP contribution is -2.06. The Bertz CT molecular complexity index is 159. The van der Waals surface area contributed by atoms with Gasteiger partial charge < -0.3 is 0 Å². The Balaban J connectivity index is 2.48. The molecule has 0 spiro atoms. The summed E-state index contributed by atoms with van der Waals surface area (Å²) in [6.07, 6.45) is 0.396. The molecule has 49 valence electrons. The molecule has 0 saturated carbocycles. The van der Waals surface area contributed by atoms with Gasteiger partial charge in [0, 0.05) is 12.3 Å². The number of rotatable bonds is 2.